The third kappa shape index (κ3) is 3.67. The highest BCUT2D eigenvalue weighted by molar-refractivity contribution is 9.10. The Morgan fingerprint density at radius 3 is 2.07 bits per heavy atom. The van der Waals surface area contributed by atoms with E-state index in [1.807, 2.05) is 0 Å². The highest BCUT2D eigenvalue weighted by atomic mass is 79.9. The number of aromatic amines is 1. The van der Waals surface area contributed by atoms with E-state index in [1.165, 1.54) is 28.0 Å². The Bertz CT molecular complexity index is 1290. The minimum Gasteiger partial charge on any atom is -0.354 e. The molecule has 4 rings (SSSR count). The van der Waals surface area contributed by atoms with Crippen molar-refractivity contribution < 1.29 is 4.39 Å². The Morgan fingerprint density at radius 2 is 1.43 bits per heavy atom. The van der Waals surface area contributed by atoms with Crippen molar-refractivity contribution in [1.82, 2.24) is 4.98 Å². The van der Waals surface area contributed by atoms with Crippen LogP contribution >= 0.6 is 27.5 Å². The molecule has 0 radical (unpaired) electrons. The predicted molar refractivity (Wildman–Crippen MR) is 131 cm³/mol. The van der Waals surface area contributed by atoms with Gasteiger partial charge in [0, 0.05) is 26.3 Å². The summed E-state index contributed by atoms with van der Waals surface area (Å²) in [6.45, 7) is 13.3. The molecule has 1 nitrogen and oxygen atoms in total. The first-order valence-electron chi connectivity index (χ1n) is 10.1. The quantitative estimate of drug-likeness (QED) is 0.258. The van der Waals surface area contributed by atoms with Crippen molar-refractivity contribution in [2.75, 3.05) is 0 Å². The van der Waals surface area contributed by atoms with E-state index >= 15 is 0 Å². The smallest absolute Gasteiger partial charge is 0.142 e. The summed E-state index contributed by atoms with van der Waals surface area (Å²) in [5.74, 6) is -0.429. The summed E-state index contributed by atoms with van der Waals surface area (Å²) in [4.78, 5) is 3.61. The number of hydrogen-bond acceptors (Lipinski definition) is 0. The molecule has 0 spiro atoms. The van der Waals surface area contributed by atoms with Crippen molar-refractivity contribution in [2.45, 2.75) is 52.4 Å². The highest BCUT2D eigenvalue weighted by Gasteiger charge is 2.22. The van der Waals surface area contributed by atoms with Gasteiger partial charge in [-0.2, -0.15) is 0 Å². The SMILES string of the molecule is CC(C)(C)c1ccc2[nH]c3c(-c4cc(Cl)c(F)cc4Br)cc(C(C)(C)C)cc3c2c1. The van der Waals surface area contributed by atoms with Crippen molar-refractivity contribution in [3.05, 3.63) is 68.9 Å². The Balaban J connectivity index is 2.13. The molecule has 0 bridgehead atoms. The van der Waals surface area contributed by atoms with Crippen LogP contribution in [-0.4, -0.2) is 4.98 Å². The lowest BCUT2D eigenvalue weighted by molar-refractivity contribution is 0.590. The zero-order valence-corrected chi connectivity index (χ0v) is 20.5. The molecule has 0 amide bonds. The fourth-order valence-corrected chi connectivity index (χ4v) is 4.53. The lowest BCUT2D eigenvalue weighted by atomic mass is 9.83. The molecule has 1 heterocycles. The summed E-state index contributed by atoms with van der Waals surface area (Å²) in [6, 6.07) is 14.2. The second-order valence-electron chi connectivity index (χ2n) is 10.1. The first-order valence-corrected chi connectivity index (χ1v) is 11.3. The van der Waals surface area contributed by atoms with Gasteiger partial charge in [0.2, 0.25) is 0 Å². The first-order chi connectivity index (χ1) is 13.9. The fourth-order valence-electron chi connectivity index (χ4n) is 3.84. The fraction of sp³-hybridized carbons (Fsp3) is 0.308. The molecule has 156 valence electrons. The number of rotatable bonds is 1. The van der Waals surface area contributed by atoms with Gasteiger partial charge in [-0.05, 0) is 63.9 Å². The molecule has 4 aromatic rings. The molecule has 30 heavy (non-hydrogen) atoms. The topological polar surface area (TPSA) is 15.8 Å². The van der Waals surface area contributed by atoms with Crippen LogP contribution in [0.15, 0.2) is 46.9 Å². The van der Waals surface area contributed by atoms with Crippen molar-refractivity contribution in [1.29, 1.82) is 0 Å². The van der Waals surface area contributed by atoms with Crippen molar-refractivity contribution >= 4 is 49.3 Å². The average molecular weight is 487 g/mol. The van der Waals surface area contributed by atoms with Crippen LogP contribution in [0, 0.1) is 5.82 Å². The van der Waals surface area contributed by atoms with Gasteiger partial charge in [0.1, 0.15) is 5.82 Å². The maximum Gasteiger partial charge on any atom is 0.142 e. The number of H-pyrrole nitrogens is 1. The van der Waals surface area contributed by atoms with E-state index in [0.29, 0.717) is 4.47 Å². The van der Waals surface area contributed by atoms with E-state index < -0.39 is 5.82 Å². The van der Waals surface area contributed by atoms with Crippen LogP contribution in [0.4, 0.5) is 4.39 Å². The van der Waals surface area contributed by atoms with Crippen molar-refractivity contribution in [3.63, 3.8) is 0 Å². The maximum atomic E-state index is 14.0. The van der Waals surface area contributed by atoms with Gasteiger partial charge in [-0.25, -0.2) is 4.39 Å². The molecule has 1 aromatic heterocycles. The average Bonchev–Trinajstić information content (AvgIpc) is 3.00. The molecule has 0 aliphatic heterocycles. The molecule has 3 aromatic carbocycles. The third-order valence-electron chi connectivity index (χ3n) is 5.74. The van der Waals surface area contributed by atoms with Gasteiger partial charge in [0.25, 0.3) is 0 Å². The van der Waals surface area contributed by atoms with Gasteiger partial charge >= 0.3 is 0 Å². The first kappa shape index (κ1) is 21.4. The Kier molecular flexibility index (Phi) is 5.06. The zero-order chi connectivity index (χ0) is 22.0. The van der Waals surface area contributed by atoms with Gasteiger partial charge in [-0.15, -0.1) is 0 Å². The van der Waals surface area contributed by atoms with Crippen LogP contribution < -0.4 is 0 Å². The normalized spacial score (nSPS) is 12.8. The summed E-state index contributed by atoms with van der Waals surface area (Å²) in [7, 11) is 0. The largest absolute Gasteiger partial charge is 0.354 e. The standard InChI is InChI=1S/C26H26BrClFN/c1-25(2,3)14-7-8-23-17(9-14)19-11-15(26(4,5)6)10-18(24(19)30-23)16-12-21(28)22(29)13-20(16)27/h7-13,30H,1-6H3. The van der Waals surface area contributed by atoms with Gasteiger partial charge in [0.05, 0.1) is 10.5 Å². The molecule has 0 atom stereocenters. The number of halogens is 3. The van der Waals surface area contributed by atoms with E-state index in [-0.39, 0.29) is 15.9 Å². The summed E-state index contributed by atoms with van der Waals surface area (Å²) in [5.41, 5.74) is 6.56. The lowest BCUT2D eigenvalue weighted by Crippen LogP contribution is -2.11. The number of nitrogens with one attached hydrogen (secondary N) is 1. The zero-order valence-electron chi connectivity index (χ0n) is 18.2. The van der Waals surface area contributed by atoms with E-state index in [2.05, 4.69) is 92.8 Å². The number of benzene rings is 3. The number of aromatic nitrogens is 1. The second kappa shape index (κ2) is 7.10. The Morgan fingerprint density at radius 1 is 0.800 bits per heavy atom. The van der Waals surface area contributed by atoms with Crippen LogP contribution in [0.25, 0.3) is 32.9 Å². The number of fused-ring (bicyclic) bond motifs is 3. The van der Waals surface area contributed by atoms with E-state index in [0.717, 1.165) is 22.2 Å². The summed E-state index contributed by atoms with van der Waals surface area (Å²) in [6.07, 6.45) is 0. The minimum absolute atomic E-state index is 0.0372. The van der Waals surface area contributed by atoms with Crippen LogP contribution in [0.5, 0.6) is 0 Å². The monoisotopic (exact) mass is 485 g/mol. The molecular weight excluding hydrogens is 461 g/mol. The Hall–Kier alpha value is -1.84. The molecule has 1 N–H and O–H groups in total. The molecule has 0 fully saturated rings. The van der Waals surface area contributed by atoms with E-state index in [4.69, 9.17) is 11.6 Å². The summed E-state index contributed by atoms with van der Waals surface area (Å²) in [5, 5.41) is 2.49. The van der Waals surface area contributed by atoms with Gasteiger partial charge in [0.15, 0.2) is 0 Å². The molecule has 0 aliphatic carbocycles. The molecule has 0 saturated heterocycles. The number of hydrogen-bond donors (Lipinski definition) is 1. The van der Waals surface area contributed by atoms with Crippen molar-refractivity contribution in [3.8, 4) is 11.1 Å². The van der Waals surface area contributed by atoms with E-state index in [9.17, 15) is 4.39 Å². The highest BCUT2D eigenvalue weighted by Crippen LogP contribution is 2.42. The third-order valence-corrected chi connectivity index (χ3v) is 6.69. The maximum absolute atomic E-state index is 14.0. The molecule has 0 unspecified atom stereocenters. The molecule has 0 aliphatic rings. The van der Waals surface area contributed by atoms with Crippen LogP contribution in [-0.2, 0) is 10.8 Å². The van der Waals surface area contributed by atoms with Gasteiger partial charge < -0.3 is 4.98 Å². The molecular formula is C26H26BrClFN. The van der Waals surface area contributed by atoms with E-state index in [1.54, 1.807) is 6.07 Å². The summed E-state index contributed by atoms with van der Waals surface area (Å²) < 4.78 is 14.7. The Labute approximate surface area is 190 Å². The van der Waals surface area contributed by atoms with Crippen LogP contribution in [0.2, 0.25) is 5.02 Å². The summed E-state index contributed by atoms with van der Waals surface area (Å²) >= 11 is 9.71. The minimum atomic E-state index is -0.429. The second-order valence-corrected chi connectivity index (χ2v) is 11.3. The van der Waals surface area contributed by atoms with Crippen molar-refractivity contribution in [2.24, 2.45) is 0 Å². The van der Waals surface area contributed by atoms with Gasteiger partial charge in [-0.1, -0.05) is 75.1 Å². The molecule has 4 heteroatoms. The van der Waals surface area contributed by atoms with Crippen LogP contribution in [0.3, 0.4) is 0 Å². The van der Waals surface area contributed by atoms with Gasteiger partial charge in [-0.3, -0.25) is 0 Å². The van der Waals surface area contributed by atoms with Crippen LogP contribution in [0.1, 0.15) is 52.7 Å². The predicted octanol–water partition coefficient (Wildman–Crippen LogP) is 9.14. The molecule has 0 saturated carbocycles. The lowest BCUT2D eigenvalue weighted by Gasteiger charge is -2.21.